The van der Waals surface area contributed by atoms with E-state index in [-0.39, 0.29) is 0 Å². The lowest BCUT2D eigenvalue weighted by molar-refractivity contribution is 0.538. The average molecular weight is 188 g/mol. The largest absolute Gasteiger partial charge is 0.349 e. The first kappa shape index (κ1) is 8.21. The van der Waals surface area contributed by atoms with E-state index in [1.165, 1.54) is 25.7 Å². The second-order valence-electron chi connectivity index (χ2n) is 4.12. The van der Waals surface area contributed by atoms with E-state index in [4.69, 9.17) is 0 Å². The van der Waals surface area contributed by atoms with Gasteiger partial charge in [0.2, 0.25) is 0 Å². The Morgan fingerprint density at radius 1 is 1.14 bits per heavy atom. The van der Waals surface area contributed by atoms with E-state index < -0.39 is 0 Å². The van der Waals surface area contributed by atoms with Gasteiger partial charge in [-0.15, -0.1) is 0 Å². The van der Waals surface area contributed by atoms with Gasteiger partial charge in [0.05, 0.1) is 6.20 Å². The zero-order valence-corrected chi connectivity index (χ0v) is 8.13. The van der Waals surface area contributed by atoms with Crippen LogP contribution in [0.2, 0.25) is 0 Å². The lowest BCUT2D eigenvalue weighted by atomic mass is 10.0. The molecule has 2 bridgehead atoms. The predicted molar refractivity (Wildman–Crippen MR) is 54.9 cm³/mol. The van der Waals surface area contributed by atoms with Gasteiger partial charge in [-0.3, -0.25) is 4.98 Å². The Kier molecular flexibility index (Phi) is 1.89. The summed E-state index contributed by atoms with van der Waals surface area (Å²) >= 11 is 0. The zero-order chi connectivity index (χ0) is 9.38. The third kappa shape index (κ3) is 1.19. The van der Waals surface area contributed by atoms with Gasteiger partial charge in [0.1, 0.15) is 5.82 Å². The molecule has 0 amide bonds. The predicted octanol–water partition coefficient (Wildman–Crippen LogP) is 1.81. The fraction of sp³-hybridized carbons (Fsp3) is 0.545. The highest BCUT2D eigenvalue weighted by atomic mass is 15.3. The summed E-state index contributed by atoms with van der Waals surface area (Å²) in [6.45, 7) is 0. The van der Waals surface area contributed by atoms with Crippen LogP contribution >= 0.6 is 0 Å². The Balaban J connectivity index is 1.92. The van der Waals surface area contributed by atoms with Gasteiger partial charge in [-0.2, -0.15) is 0 Å². The molecule has 0 aliphatic carbocycles. The maximum Gasteiger partial charge on any atom is 0.147 e. The van der Waals surface area contributed by atoms with Gasteiger partial charge in [0.25, 0.3) is 0 Å². The SMILES string of the molecule is [CH]1CC2CCC(C1)N2c1cnccn1. The first-order valence-corrected chi connectivity index (χ1v) is 5.31. The fourth-order valence-corrected chi connectivity index (χ4v) is 2.70. The maximum absolute atomic E-state index is 4.39. The van der Waals surface area contributed by atoms with E-state index in [1.54, 1.807) is 12.4 Å². The molecule has 2 aliphatic heterocycles. The molecule has 3 heterocycles. The van der Waals surface area contributed by atoms with Gasteiger partial charge < -0.3 is 4.90 Å². The van der Waals surface area contributed by atoms with Crippen molar-refractivity contribution >= 4 is 5.82 Å². The molecular formula is C11H14N3. The molecule has 73 valence electrons. The van der Waals surface area contributed by atoms with Gasteiger partial charge in [-0.25, -0.2) is 4.98 Å². The molecule has 0 N–H and O–H groups in total. The minimum atomic E-state index is 0.686. The number of rotatable bonds is 1. The number of nitrogens with zero attached hydrogens (tertiary/aromatic N) is 3. The summed E-state index contributed by atoms with van der Waals surface area (Å²) in [4.78, 5) is 11.0. The minimum Gasteiger partial charge on any atom is -0.349 e. The van der Waals surface area contributed by atoms with E-state index >= 15 is 0 Å². The number of aromatic nitrogens is 2. The van der Waals surface area contributed by atoms with Crippen LogP contribution in [-0.4, -0.2) is 22.1 Å². The van der Waals surface area contributed by atoms with Crippen LogP contribution in [0.5, 0.6) is 0 Å². The number of hydrogen-bond donors (Lipinski definition) is 0. The molecule has 1 radical (unpaired) electrons. The molecule has 2 saturated heterocycles. The van der Waals surface area contributed by atoms with Crippen molar-refractivity contribution in [1.29, 1.82) is 0 Å². The van der Waals surface area contributed by atoms with E-state index in [9.17, 15) is 0 Å². The van der Waals surface area contributed by atoms with Crippen LogP contribution in [0.1, 0.15) is 25.7 Å². The third-order valence-electron chi connectivity index (χ3n) is 3.31. The molecule has 3 rings (SSSR count). The van der Waals surface area contributed by atoms with E-state index in [2.05, 4.69) is 21.3 Å². The molecular weight excluding hydrogens is 174 g/mol. The molecule has 3 heteroatoms. The summed E-state index contributed by atoms with van der Waals surface area (Å²) in [5, 5.41) is 0. The highest BCUT2D eigenvalue weighted by molar-refractivity contribution is 5.41. The summed E-state index contributed by atoms with van der Waals surface area (Å²) in [6.07, 6.45) is 12.9. The monoisotopic (exact) mass is 188 g/mol. The molecule has 1 aromatic heterocycles. The molecule has 1 aromatic rings. The number of hydrogen-bond acceptors (Lipinski definition) is 3. The maximum atomic E-state index is 4.39. The molecule has 0 aromatic carbocycles. The van der Waals surface area contributed by atoms with Crippen LogP contribution in [0.25, 0.3) is 0 Å². The second-order valence-corrected chi connectivity index (χ2v) is 4.12. The summed E-state index contributed by atoms with van der Waals surface area (Å²) in [6, 6.07) is 1.37. The molecule has 2 fully saturated rings. The molecule has 2 unspecified atom stereocenters. The topological polar surface area (TPSA) is 29.0 Å². The van der Waals surface area contributed by atoms with E-state index in [0.717, 1.165) is 5.82 Å². The lowest BCUT2D eigenvalue weighted by Gasteiger charge is -2.35. The van der Waals surface area contributed by atoms with Crippen LogP contribution in [0.3, 0.4) is 0 Å². The third-order valence-corrected chi connectivity index (χ3v) is 3.31. The Bertz CT molecular complexity index is 296. The first-order valence-electron chi connectivity index (χ1n) is 5.31. The van der Waals surface area contributed by atoms with E-state index in [0.29, 0.717) is 12.1 Å². The van der Waals surface area contributed by atoms with Crippen LogP contribution in [-0.2, 0) is 0 Å². The summed E-state index contributed by atoms with van der Waals surface area (Å²) < 4.78 is 0. The average Bonchev–Trinajstić information content (AvgIpc) is 2.50. The fourth-order valence-electron chi connectivity index (χ4n) is 2.70. The number of piperidine rings is 1. The van der Waals surface area contributed by atoms with Gasteiger partial charge in [0, 0.05) is 24.5 Å². The van der Waals surface area contributed by atoms with Gasteiger partial charge >= 0.3 is 0 Å². The number of anilines is 1. The summed E-state index contributed by atoms with van der Waals surface area (Å²) in [5.74, 6) is 1.06. The molecule has 0 saturated carbocycles. The molecule has 14 heavy (non-hydrogen) atoms. The van der Waals surface area contributed by atoms with Gasteiger partial charge in [0.15, 0.2) is 0 Å². The van der Waals surface area contributed by atoms with Crippen LogP contribution < -0.4 is 4.90 Å². The Morgan fingerprint density at radius 2 is 1.93 bits per heavy atom. The highest BCUT2D eigenvalue weighted by Gasteiger charge is 2.37. The first-order chi connectivity index (χ1) is 6.95. The summed E-state index contributed by atoms with van der Waals surface area (Å²) in [5.41, 5.74) is 0. The summed E-state index contributed by atoms with van der Waals surface area (Å²) in [7, 11) is 0. The lowest BCUT2D eigenvalue weighted by Crippen LogP contribution is -2.40. The normalized spacial score (nSPS) is 30.7. The minimum absolute atomic E-state index is 0.686. The van der Waals surface area contributed by atoms with Crippen molar-refractivity contribution in [3.8, 4) is 0 Å². The Labute approximate surface area is 84.2 Å². The van der Waals surface area contributed by atoms with Crippen molar-refractivity contribution in [3.63, 3.8) is 0 Å². The van der Waals surface area contributed by atoms with Crippen LogP contribution in [0, 0.1) is 6.42 Å². The molecule has 3 nitrogen and oxygen atoms in total. The quantitative estimate of drug-likeness (QED) is 0.673. The standard InChI is InChI=1S/C11H14N3/c1-2-9-4-5-10(3-1)14(9)11-8-12-6-7-13-11/h1,6-10H,2-5H2. The van der Waals surface area contributed by atoms with Crippen molar-refractivity contribution in [2.75, 3.05) is 4.90 Å². The van der Waals surface area contributed by atoms with Crippen LogP contribution in [0.4, 0.5) is 5.82 Å². The molecule has 2 aliphatic rings. The Hall–Kier alpha value is -1.12. The van der Waals surface area contributed by atoms with Crippen molar-refractivity contribution in [2.24, 2.45) is 0 Å². The van der Waals surface area contributed by atoms with Crippen molar-refractivity contribution < 1.29 is 0 Å². The number of fused-ring (bicyclic) bond motifs is 2. The van der Waals surface area contributed by atoms with Crippen LogP contribution in [0.15, 0.2) is 18.6 Å². The molecule has 0 spiro atoms. The highest BCUT2D eigenvalue weighted by Crippen LogP contribution is 2.37. The van der Waals surface area contributed by atoms with Crippen molar-refractivity contribution in [3.05, 3.63) is 25.0 Å². The Morgan fingerprint density at radius 3 is 2.57 bits per heavy atom. The van der Waals surface area contributed by atoms with Crippen molar-refractivity contribution in [2.45, 2.75) is 37.8 Å². The van der Waals surface area contributed by atoms with Gasteiger partial charge in [-0.05, 0) is 32.1 Å². The smallest absolute Gasteiger partial charge is 0.147 e. The zero-order valence-electron chi connectivity index (χ0n) is 8.13. The van der Waals surface area contributed by atoms with E-state index in [1.807, 2.05) is 6.20 Å². The molecule has 2 atom stereocenters. The van der Waals surface area contributed by atoms with Crippen molar-refractivity contribution in [1.82, 2.24) is 9.97 Å². The van der Waals surface area contributed by atoms with Gasteiger partial charge in [-0.1, -0.05) is 0 Å². The second kappa shape index (κ2) is 3.23.